The lowest BCUT2D eigenvalue weighted by molar-refractivity contribution is 0.391. The van der Waals surface area contributed by atoms with Crippen LogP contribution in [-0.2, 0) is 12.3 Å². The van der Waals surface area contributed by atoms with Crippen molar-refractivity contribution in [1.82, 2.24) is 24.9 Å². The molecule has 0 atom stereocenters. The molecule has 25 heavy (non-hydrogen) atoms. The Kier molecular flexibility index (Phi) is 4.59. The Balaban J connectivity index is 1.48. The van der Waals surface area contributed by atoms with Gasteiger partial charge in [0.2, 0.25) is 11.7 Å². The number of thioether (sulfide) groups is 1. The Bertz CT molecular complexity index is 902. The molecule has 2 heterocycles. The van der Waals surface area contributed by atoms with E-state index in [1.165, 1.54) is 24.6 Å². The molecule has 1 aliphatic rings. The fraction of sp³-hybridized carbons (Fsp3) is 0.294. The van der Waals surface area contributed by atoms with Crippen LogP contribution < -0.4 is 0 Å². The van der Waals surface area contributed by atoms with Crippen LogP contribution in [0.1, 0.15) is 30.5 Å². The highest BCUT2D eigenvalue weighted by Crippen LogP contribution is 2.40. The van der Waals surface area contributed by atoms with Gasteiger partial charge in [0.25, 0.3) is 0 Å². The topological polar surface area (TPSA) is 69.6 Å². The quantitative estimate of drug-likeness (QED) is 0.453. The number of benzene rings is 1. The van der Waals surface area contributed by atoms with E-state index in [4.69, 9.17) is 16.1 Å². The molecule has 4 rings (SSSR count). The summed E-state index contributed by atoms with van der Waals surface area (Å²) in [5.41, 5.74) is 0.832. The number of hydrogen-bond donors (Lipinski definition) is 0. The molecular weight excluding hydrogens is 358 g/mol. The van der Waals surface area contributed by atoms with Gasteiger partial charge in [-0.1, -0.05) is 46.7 Å². The molecule has 1 saturated carbocycles. The number of aromatic nitrogens is 5. The van der Waals surface area contributed by atoms with Crippen LogP contribution in [0, 0.1) is 0 Å². The minimum Gasteiger partial charge on any atom is -0.338 e. The Morgan fingerprint density at radius 2 is 2.24 bits per heavy atom. The predicted octanol–water partition coefficient (Wildman–Crippen LogP) is 4.34. The van der Waals surface area contributed by atoms with Crippen molar-refractivity contribution in [2.24, 2.45) is 0 Å². The predicted molar refractivity (Wildman–Crippen MR) is 96.5 cm³/mol. The van der Waals surface area contributed by atoms with Gasteiger partial charge < -0.3 is 9.09 Å². The van der Waals surface area contributed by atoms with Gasteiger partial charge in [0.05, 0.1) is 5.75 Å². The number of nitrogens with zero attached hydrogens (tertiary/aromatic N) is 5. The van der Waals surface area contributed by atoms with Crippen molar-refractivity contribution < 1.29 is 4.52 Å². The number of rotatable bonds is 7. The van der Waals surface area contributed by atoms with Gasteiger partial charge in [-0.25, -0.2) is 0 Å². The van der Waals surface area contributed by atoms with Crippen molar-refractivity contribution in [1.29, 1.82) is 0 Å². The fourth-order valence-electron chi connectivity index (χ4n) is 2.54. The summed E-state index contributed by atoms with van der Waals surface area (Å²) in [6, 6.07) is 7.38. The van der Waals surface area contributed by atoms with Crippen molar-refractivity contribution in [2.75, 3.05) is 0 Å². The number of allylic oxidation sites excluding steroid dienone is 1. The van der Waals surface area contributed by atoms with E-state index < -0.39 is 0 Å². The molecule has 0 unspecified atom stereocenters. The first-order chi connectivity index (χ1) is 12.2. The fourth-order valence-corrected chi connectivity index (χ4v) is 3.52. The Morgan fingerprint density at radius 1 is 1.36 bits per heavy atom. The maximum atomic E-state index is 6.01. The molecule has 1 aromatic carbocycles. The van der Waals surface area contributed by atoms with Crippen LogP contribution in [0.4, 0.5) is 0 Å². The monoisotopic (exact) mass is 373 g/mol. The highest BCUT2D eigenvalue weighted by molar-refractivity contribution is 7.98. The van der Waals surface area contributed by atoms with Gasteiger partial charge in [-0.05, 0) is 25.0 Å². The zero-order chi connectivity index (χ0) is 17.2. The van der Waals surface area contributed by atoms with Crippen LogP contribution in [-0.4, -0.2) is 24.9 Å². The normalized spacial score (nSPS) is 14.0. The minimum atomic E-state index is 0.532. The van der Waals surface area contributed by atoms with E-state index in [1.807, 2.05) is 30.3 Å². The molecule has 3 aromatic rings. The summed E-state index contributed by atoms with van der Waals surface area (Å²) < 4.78 is 7.46. The third kappa shape index (κ3) is 3.62. The third-order valence-electron chi connectivity index (χ3n) is 3.88. The Hall–Kier alpha value is -2.12. The molecule has 1 fully saturated rings. The first-order valence-corrected chi connectivity index (χ1v) is 9.36. The van der Waals surface area contributed by atoms with Crippen LogP contribution in [0.2, 0.25) is 5.02 Å². The van der Waals surface area contributed by atoms with E-state index in [1.54, 1.807) is 0 Å². The van der Waals surface area contributed by atoms with Crippen LogP contribution in [0.25, 0.3) is 11.4 Å². The standard InChI is InChI=1S/C17H16ClN5OS/c1-2-8-23-16(11-6-7-11)20-21-17(23)25-10-14-19-15(22-24-14)12-4-3-5-13(18)9-12/h2-5,9,11H,1,6-8,10H2. The van der Waals surface area contributed by atoms with Gasteiger partial charge in [-0.2, -0.15) is 4.98 Å². The molecule has 0 bridgehead atoms. The summed E-state index contributed by atoms with van der Waals surface area (Å²) in [4.78, 5) is 4.43. The van der Waals surface area contributed by atoms with Gasteiger partial charge >= 0.3 is 0 Å². The van der Waals surface area contributed by atoms with E-state index in [0.717, 1.165) is 16.5 Å². The van der Waals surface area contributed by atoms with E-state index in [-0.39, 0.29) is 0 Å². The molecule has 0 saturated heterocycles. The van der Waals surface area contributed by atoms with E-state index in [2.05, 4.69) is 31.5 Å². The summed E-state index contributed by atoms with van der Waals surface area (Å²) in [7, 11) is 0. The summed E-state index contributed by atoms with van der Waals surface area (Å²) >= 11 is 7.54. The van der Waals surface area contributed by atoms with E-state index in [9.17, 15) is 0 Å². The highest BCUT2D eigenvalue weighted by Gasteiger charge is 2.30. The second-order valence-electron chi connectivity index (χ2n) is 5.83. The molecule has 2 aromatic heterocycles. The van der Waals surface area contributed by atoms with Crippen LogP contribution in [0.15, 0.2) is 46.6 Å². The van der Waals surface area contributed by atoms with Crippen LogP contribution >= 0.6 is 23.4 Å². The molecule has 0 amide bonds. The lowest BCUT2D eigenvalue weighted by atomic mass is 10.2. The number of halogens is 1. The van der Waals surface area contributed by atoms with Crippen LogP contribution in [0.3, 0.4) is 0 Å². The zero-order valence-corrected chi connectivity index (χ0v) is 15.0. The van der Waals surface area contributed by atoms with Gasteiger partial charge in [0.1, 0.15) is 5.82 Å². The Labute approximate surface area is 154 Å². The number of hydrogen-bond acceptors (Lipinski definition) is 6. The molecule has 8 heteroatoms. The average molecular weight is 374 g/mol. The van der Waals surface area contributed by atoms with Gasteiger partial charge in [-0.3, -0.25) is 0 Å². The smallest absolute Gasteiger partial charge is 0.237 e. The molecular formula is C17H16ClN5OS. The second kappa shape index (κ2) is 7.01. The second-order valence-corrected chi connectivity index (χ2v) is 7.20. The largest absolute Gasteiger partial charge is 0.338 e. The molecule has 6 nitrogen and oxygen atoms in total. The lowest BCUT2D eigenvalue weighted by Crippen LogP contribution is -2.02. The molecule has 0 radical (unpaired) electrons. The van der Waals surface area contributed by atoms with Crippen molar-refractivity contribution in [3.8, 4) is 11.4 Å². The Morgan fingerprint density at radius 3 is 3.00 bits per heavy atom. The van der Waals surface area contributed by atoms with Crippen molar-refractivity contribution in [3.05, 3.63) is 53.7 Å². The van der Waals surface area contributed by atoms with Crippen molar-refractivity contribution in [3.63, 3.8) is 0 Å². The summed E-state index contributed by atoms with van der Waals surface area (Å²) in [6.45, 7) is 4.53. The highest BCUT2D eigenvalue weighted by atomic mass is 35.5. The van der Waals surface area contributed by atoms with Gasteiger partial charge in [-0.15, -0.1) is 16.8 Å². The summed E-state index contributed by atoms with van der Waals surface area (Å²) in [6.07, 6.45) is 4.24. The molecule has 1 aliphatic carbocycles. The first kappa shape index (κ1) is 16.4. The molecule has 128 valence electrons. The summed E-state index contributed by atoms with van der Waals surface area (Å²) in [5.74, 6) is 3.20. The maximum Gasteiger partial charge on any atom is 0.237 e. The molecule has 0 N–H and O–H groups in total. The van der Waals surface area contributed by atoms with E-state index >= 15 is 0 Å². The first-order valence-electron chi connectivity index (χ1n) is 8.00. The van der Waals surface area contributed by atoms with Crippen LogP contribution in [0.5, 0.6) is 0 Å². The third-order valence-corrected chi connectivity index (χ3v) is 5.06. The molecule has 0 aliphatic heterocycles. The summed E-state index contributed by atoms with van der Waals surface area (Å²) in [5, 5.41) is 14.2. The van der Waals surface area contributed by atoms with E-state index in [0.29, 0.717) is 35.0 Å². The van der Waals surface area contributed by atoms with Gasteiger partial charge in [0, 0.05) is 23.0 Å². The zero-order valence-electron chi connectivity index (χ0n) is 13.4. The lowest BCUT2D eigenvalue weighted by Gasteiger charge is -2.05. The van der Waals surface area contributed by atoms with Crippen molar-refractivity contribution in [2.45, 2.75) is 36.2 Å². The maximum absolute atomic E-state index is 6.01. The van der Waals surface area contributed by atoms with Crippen molar-refractivity contribution >= 4 is 23.4 Å². The SMILES string of the molecule is C=CCn1c(SCc2nc(-c3cccc(Cl)c3)no2)nnc1C1CC1. The minimum absolute atomic E-state index is 0.532. The average Bonchev–Trinajstić information content (AvgIpc) is 3.20. The van der Waals surface area contributed by atoms with Gasteiger partial charge in [0.15, 0.2) is 5.16 Å². The molecule has 0 spiro atoms.